The number of nitrogens with two attached hydrogens (primary N) is 2. The molecule has 1 atom stereocenters. The zero-order valence-electron chi connectivity index (χ0n) is 10.2. The molecule has 4 N–H and O–H groups in total. The SMILES string of the molecule is COC(=O)c1cccc([C@@H](N)CCCCN)c1. The first-order valence-electron chi connectivity index (χ1n) is 5.83. The van der Waals surface area contributed by atoms with E-state index in [1.165, 1.54) is 7.11 Å². The summed E-state index contributed by atoms with van der Waals surface area (Å²) in [5.41, 5.74) is 13.0. The topological polar surface area (TPSA) is 78.3 Å². The summed E-state index contributed by atoms with van der Waals surface area (Å²) in [6, 6.07) is 7.22. The molecule has 0 amide bonds. The molecule has 1 rings (SSSR count). The lowest BCUT2D eigenvalue weighted by molar-refractivity contribution is 0.0600. The van der Waals surface area contributed by atoms with Crippen LogP contribution >= 0.6 is 0 Å². The van der Waals surface area contributed by atoms with Crippen molar-refractivity contribution >= 4 is 5.97 Å². The number of rotatable bonds is 6. The Labute approximate surface area is 102 Å². The zero-order valence-corrected chi connectivity index (χ0v) is 10.2. The molecule has 0 aliphatic heterocycles. The van der Waals surface area contributed by atoms with E-state index >= 15 is 0 Å². The van der Waals surface area contributed by atoms with Crippen molar-refractivity contribution in [2.24, 2.45) is 11.5 Å². The van der Waals surface area contributed by atoms with Crippen molar-refractivity contribution in [1.82, 2.24) is 0 Å². The Morgan fingerprint density at radius 3 is 2.82 bits per heavy atom. The van der Waals surface area contributed by atoms with Crippen LogP contribution in [-0.2, 0) is 4.74 Å². The third-order valence-corrected chi connectivity index (χ3v) is 2.71. The molecule has 0 heterocycles. The summed E-state index contributed by atoms with van der Waals surface area (Å²) in [6.07, 6.45) is 2.85. The number of esters is 1. The lowest BCUT2D eigenvalue weighted by atomic mass is 10.00. The third kappa shape index (κ3) is 4.17. The summed E-state index contributed by atoms with van der Waals surface area (Å²) < 4.78 is 4.67. The maximum Gasteiger partial charge on any atom is 0.337 e. The Bertz CT molecular complexity index is 366. The second-order valence-electron chi connectivity index (χ2n) is 4.01. The fourth-order valence-electron chi connectivity index (χ4n) is 1.69. The molecule has 4 nitrogen and oxygen atoms in total. The lowest BCUT2D eigenvalue weighted by Crippen LogP contribution is -2.12. The Morgan fingerprint density at radius 2 is 2.18 bits per heavy atom. The molecule has 1 aromatic carbocycles. The van der Waals surface area contributed by atoms with Gasteiger partial charge >= 0.3 is 5.97 Å². The van der Waals surface area contributed by atoms with E-state index in [1.807, 2.05) is 12.1 Å². The van der Waals surface area contributed by atoms with E-state index in [1.54, 1.807) is 12.1 Å². The van der Waals surface area contributed by atoms with Gasteiger partial charge in [0.1, 0.15) is 0 Å². The maximum atomic E-state index is 11.4. The van der Waals surface area contributed by atoms with Gasteiger partial charge in [-0.1, -0.05) is 18.6 Å². The van der Waals surface area contributed by atoms with Crippen molar-refractivity contribution in [3.05, 3.63) is 35.4 Å². The van der Waals surface area contributed by atoms with Crippen LogP contribution in [0.3, 0.4) is 0 Å². The average Bonchev–Trinajstić information content (AvgIpc) is 2.38. The quantitative estimate of drug-likeness (QED) is 0.581. The number of carbonyl (C=O) groups is 1. The first-order chi connectivity index (χ1) is 8.19. The van der Waals surface area contributed by atoms with Crippen molar-refractivity contribution in [3.8, 4) is 0 Å². The van der Waals surface area contributed by atoms with E-state index in [4.69, 9.17) is 11.5 Å². The number of hydrogen-bond donors (Lipinski definition) is 2. The highest BCUT2D eigenvalue weighted by Gasteiger charge is 2.10. The second kappa shape index (κ2) is 7.04. The highest BCUT2D eigenvalue weighted by Crippen LogP contribution is 2.18. The zero-order chi connectivity index (χ0) is 12.7. The molecule has 0 saturated carbocycles. The molecule has 0 aliphatic rings. The molecular formula is C13H20N2O2. The minimum absolute atomic E-state index is 0.0499. The Morgan fingerprint density at radius 1 is 1.41 bits per heavy atom. The Kier molecular flexibility index (Phi) is 5.66. The number of carbonyl (C=O) groups excluding carboxylic acids is 1. The van der Waals surface area contributed by atoms with Crippen LogP contribution in [0.15, 0.2) is 24.3 Å². The molecule has 0 saturated heterocycles. The number of benzene rings is 1. The van der Waals surface area contributed by atoms with Crippen LogP contribution in [-0.4, -0.2) is 19.6 Å². The lowest BCUT2D eigenvalue weighted by Gasteiger charge is -2.12. The smallest absolute Gasteiger partial charge is 0.337 e. The molecule has 0 unspecified atom stereocenters. The third-order valence-electron chi connectivity index (χ3n) is 2.71. The molecule has 94 valence electrons. The second-order valence-corrected chi connectivity index (χ2v) is 4.01. The minimum atomic E-state index is -0.332. The largest absolute Gasteiger partial charge is 0.465 e. The van der Waals surface area contributed by atoms with Gasteiger partial charge in [0.05, 0.1) is 12.7 Å². The van der Waals surface area contributed by atoms with Crippen LogP contribution in [0.25, 0.3) is 0 Å². The monoisotopic (exact) mass is 236 g/mol. The fraction of sp³-hybridized carbons (Fsp3) is 0.462. The van der Waals surface area contributed by atoms with E-state index in [-0.39, 0.29) is 12.0 Å². The maximum absolute atomic E-state index is 11.4. The number of methoxy groups -OCH3 is 1. The van der Waals surface area contributed by atoms with E-state index in [0.29, 0.717) is 12.1 Å². The van der Waals surface area contributed by atoms with Gasteiger partial charge < -0.3 is 16.2 Å². The van der Waals surface area contributed by atoms with Gasteiger partial charge in [-0.3, -0.25) is 0 Å². The fourth-order valence-corrected chi connectivity index (χ4v) is 1.69. The standard InChI is InChI=1S/C13H20N2O2/c1-17-13(16)11-6-4-5-10(9-11)12(15)7-2-3-8-14/h4-6,9,12H,2-3,7-8,14-15H2,1H3/t12-/m0/s1. The van der Waals surface area contributed by atoms with Gasteiger partial charge in [-0.15, -0.1) is 0 Å². The Balaban J connectivity index is 2.67. The number of unbranched alkanes of at least 4 members (excludes halogenated alkanes) is 1. The van der Waals surface area contributed by atoms with Gasteiger partial charge in [0.2, 0.25) is 0 Å². The summed E-state index contributed by atoms with van der Waals surface area (Å²) >= 11 is 0. The first-order valence-corrected chi connectivity index (χ1v) is 5.83. The molecule has 0 radical (unpaired) electrons. The number of hydrogen-bond acceptors (Lipinski definition) is 4. The van der Waals surface area contributed by atoms with Gasteiger partial charge in [-0.25, -0.2) is 4.79 Å². The van der Waals surface area contributed by atoms with Crippen LogP contribution in [0.5, 0.6) is 0 Å². The van der Waals surface area contributed by atoms with Crippen LogP contribution in [0, 0.1) is 0 Å². The molecule has 4 heteroatoms. The molecular weight excluding hydrogens is 216 g/mol. The van der Waals surface area contributed by atoms with Crippen molar-refractivity contribution < 1.29 is 9.53 Å². The first kappa shape index (κ1) is 13.7. The summed E-state index contributed by atoms with van der Waals surface area (Å²) in [5.74, 6) is -0.332. The van der Waals surface area contributed by atoms with E-state index < -0.39 is 0 Å². The molecule has 1 aromatic rings. The predicted octanol–water partition coefficient (Wildman–Crippen LogP) is 1.60. The van der Waals surface area contributed by atoms with Crippen molar-refractivity contribution in [1.29, 1.82) is 0 Å². The minimum Gasteiger partial charge on any atom is -0.465 e. The summed E-state index contributed by atoms with van der Waals surface area (Å²) in [5, 5.41) is 0. The van der Waals surface area contributed by atoms with Crippen LogP contribution < -0.4 is 11.5 Å². The van der Waals surface area contributed by atoms with E-state index in [9.17, 15) is 4.79 Å². The average molecular weight is 236 g/mol. The van der Waals surface area contributed by atoms with E-state index in [0.717, 1.165) is 24.8 Å². The molecule has 0 fully saturated rings. The highest BCUT2D eigenvalue weighted by molar-refractivity contribution is 5.89. The summed E-state index contributed by atoms with van der Waals surface area (Å²) in [4.78, 5) is 11.4. The van der Waals surface area contributed by atoms with E-state index in [2.05, 4.69) is 4.74 Å². The van der Waals surface area contributed by atoms with Crippen molar-refractivity contribution in [2.75, 3.05) is 13.7 Å². The van der Waals surface area contributed by atoms with Gasteiger partial charge in [0.25, 0.3) is 0 Å². The molecule has 17 heavy (non-hydrogen) atoms. The summed E-state index contributed by atoms with van der Waals surface area (Å²) in [6.45, 7) is 0.689. The predicted molar refractivity (Wildman–Crippen MR) is 67.6 cm³/mol. The number of ether oxygens (including phenoxy) is 1. The van der Waals surface area contributed by atoms with Gasteiger partial charge in [0, 0.05) is 6.04 Å². The van der Waals surface area contributed by atoms with Crippen LogP contribution in [0.2, 0.25) is 0 Å². The summed E-state index contributed by atoms with van der Waals surface area (Å²) in [7, 11) is 1.37. The van der Waals surface area contributed by atoms with Crippen molar-refractivity contribution in [3.63, 3.8) is 0 Å². The van der Waals surface area contributed by atoms with Crippen LogP contribution in [0.1, 0.15) is 41.2 Å². The molecule has 0 bridgehead atoms. The molecule has 0 spiro atoms. The Hall–Kier alpha value is -1.39. The van der Waals surface area contributed by atoms with Crippen molar-refractivity contribution in [2.45, 2.75) is 25.3 Å². The highest BCUT2D eigenvalue weighted by atomic mass is 16.5. The molecule has 0 aliphatic carbocycles. The molecule has 0 aromatic heterocycles. The van der Waals surface area contributed by atoms with Crippen LogP contribution in [0.4, 0.5) is 0 Å². The normalized spacial score (nSPS) is 12.2. The van der Waals surface area contributed by atoms with Gasteiger partial charge in [0.15, 0.2) is 0 Å². The van der Waals surface area contributed by atoms with Gasteiger partial charge in [-0.05, 0) is 37.1 Å². The van der Waals surface area contributed by atoms with Gasteiger partial charge in [-0.2, -0.15) is 0 Å².